The van der Waals surface area contributed by atoms with Crippen molar-refractivity contribution >= 4 is 17.3 Å². The van der Waals surface area contributed by atoms with Crippen molar-refractivity contribution in [2.24, 2.45) is 0 Å². The number of nitrogen functional groups attached to an aromatic ring is 1. The SMILES string of the molecule is COc1cc(N)ccc1NC(=O)C(C)OC1CCOC1. The topological polar surface area (TPSA) is 82.8 Å². The van der Waals surface area contributed by atoms with Gasteiger partial charge >= 0.3 is 0 Å². The van der Waals surface area contributed by atoms with Crippen molar-refractivity contribution in [1.29, 1.82) is 0 Å². The van der Waals surface area contributed by atoms with Crippen LogP contribution in [0.5, 0.6) is 5.75 Å². The van der Waals surface area contributed by atoms with E-state index in [2.05, 4.69) is 5.32 Å². The molecule has 0 saturated carbocycles. The molecule has 0 spiro atoms. The number of hydrogen-bond donors (Lipinski definition) is 2. The molecule has 3 N–H and O–H groups in total. The van der Waals surface area contributed by atoms with Gasteiger partial charge in [0.2, 0.25) is 0 Å². The second kappa shape index (κ2) is 6.58. The minimum atomic E-state index is -0.552. The highest BCUT2D eigenvalue weighted by Gasteiger charge is 2.23. The van der Waals surface area contributed by atoms with Gasteiger partial charge in [0, 0.05) is 18.4 Å². The Hall–Kier alpha value is -1.79. The van der Waals surface area contributed by atoms with Crippen molar-refractivity contribution in [1.82, 2.24) is 0 Å². The zero-order valence-corrected chi connectivity index (χ0v) is 11.7. The number of ether oxygens (including phenoxy) is 3. The van der Waals surface area contributed by atoms with Gasteiger partial charge in [-0.2, -0.15) is 0 Å². The highest BCUT2D eigenvalue weighted by Crippen LogP contribution is 2.26. The fourth-order valence-electron chi connectivity index (χ4n) is 2.02. The van der Waals surface area contributed by atoms with Gasteiger partial charge < -0.3 is 25.3 Å². The molecule has 0 radical (unpaired) electrons. The summed E-state index contributed by atoms with van der Waals surface area (Å²) < 4.78 is 16.0. The van der Waals surface area contributed by atoms with Crippen LogP contribution in [0.15, 0.2) is 18.2 Å². The predicted molar refractivity (Wildman–Crippen MR) is 75.8 cm³/mol. The second-order valence-corrected chi connectivity index (χ2v) is 4.71. The van der Waals surface area contributed by atoms with Gasteiger partial charge in [0.15, 0.2) is 0 Å². The first-order valence-electron chi connectivity index (χ1n) is 6.57. The minimum Gasteiger partial charge on any atom is -0.494 e. The number of rotatable bonds is 5. The van der Waals surface area contributed by atoms with Crippen LogP contribution in [0.1, 0.15) is 13.3 Å². The number of nitrogens with one attached hydrogen (secondary N) is 1. The first kappa shape index (κ1) is 14.6. The van der Waals surface area contributed by atoms with Crippen molar-refractivity contribution in [2.75, 3.05) is 31.4 Å². The molecule has 1 amide bonds. The molecule has 1 fully saturated rings. The summed E-state index contributed by atoms with van der Waals surface area (Å²) in [7, 11) is 1.53. The van der Waals surface area contributed by atoms with Crippen LogP contribution in [0, 0.1) is 0 Å². The maximum absolute atomic E-state index is 12.1. The number of benzene rings is 1. The van der Waals surface area contributed by atoms with E-state index < -0.39 is 6.10 Å². The van der Waals surface area contributed by atoms with Crippen LogP contribution in [0.4, 0.5) is 11.4 Å². The van der Waals surface area contributed by atoms with E-state index >= 15 is 0 Å². The van der Waals surface area contributed by atoms with Gasteiger partial charge in [0.25, 0.3) is 5.91 Å². The molecular weight excluding hydrogens is 260 g/mol. The zero-order chi connectivity index (χ0) is 14.5. The predicted octanol–water partition coefficient (Wildman–Crippen LogP) is 1.41. The third kappa shape index (κ3) is 3.61. The maximum Gasteiger partial charge on any atom is 0.253 e. The number of nitrogens with two attached hydrogens (primary N) is 1. The lowest BCUT2D eigenvalue weighted by atomic mass is 10.2. The summed E-state index contributed by atoms with van der Waals surface area (Å²) in [5.41, 5.74) is 6.82. The van der Waals surface area contributed by atoms with Crippen molar-refractivity contribution in [3.8, 4) is 5.75 Å². The maximum atomic E-state index is 12.1. The van der Waals surface area contributed by atoms with E-state index in [4.69, 9.17) is 19.9 Å². The third-order valence-corrected chi connectivity index (χ3v) is 3.14. The molecule has 0 aromatic heterocycles. The number of anilines is 2. The zero-order valence-electron chi connectivity index (χ0n) is 11.7. The van der Waals surface area contributed by atoms with Crippen LogP contribution in [0.2, 0.25) is 0 Å². The van der Waals surface area contributed by atoms with E-state index in [-0.39, 0.29) is 12.0 Å². The highest BCUT2D eigenvalue weighted by molar-refractivity contribution is 5.95. The molecule has 0 aliphatic carbocycles. The standard InChI is InChI=1S/C14H20N2O4/c1-9(20-11-5-6-19-8-11)14(17)16-12-4-3-10(15)7-13(12)18-2/h3-4,7,9,11H,5-6,8,15H2,1-2H3,(H,16,17). The van der Waals surface area contributed by atoms with E-state index in [1.807, 2.05) is 0 Å². The van der Waals surface area contributed by atoms with Crippen LogP contribution in [0.3, 0.4) is 0 Å². The van der Waals surface area contributed by atoms with Gasteiger partial charge in [-0.05, 0) is 25.5 Å². The molecule has 20 heavy (non-hydrogen) atoms. The van der Waals surface area contributed by atoms with E-state index in [0.717, 1.165) is 6.42 Å². The molecule has 2 atom stereocenters. The van der Waals surface area contributed by atoms with Crippen molar-refractivity contribution in [2.45, 2.75) is 25.6 Å². The van der Waals surface area contributed by atoms with Gasteiger partial charge in [-0.1, -0.05) is 0 Å². The van der Waals surface area contributed by atoms with Crippen molar-refractivity contribution in [3.05, 3.63) is 18.2 Å². The largest absolute Gasteiger partial charge is 0.494 e. The molecule has 1 saturated heterocycles. The second-order valence-electron chi connectivity index (χ2n) is 4.71. The molecule has 1 aliphatic rings. The fraction of sp³-hybridized carbons (Fsp3) is 0.500. The van der Waals surface area contributed by atoms with E-state index in [1.165, 1.54) is 7.11 Å². The first-order valence-corrected chi connectivity index (χ1v) is 6.57. The summed E-state index contributed by atoms with van der Waals surface area (Å²) in [4.78, 5) is 12.1. The molecule has 2 unspecified atom stereocenters. The smallest absolute Gasteiger partial charge is 0.253 e. The Morgan fingerprint density at radius 2 is 2.35 bits per heavy atom. The third-order valence-electron chi connectivity index (χ3n) is 3.14. The highest BCUT2D eigenvalue weighted by atomic mass is 16.6. The molecule has 2 rings (SSSR count). The lowest BCUT2D eigenvalue weighted by molar-refractivity contribution is -0.129. The van der Waals surface area contributed by atoms with Gasteiger partial charge in [-0.15, -0.1) is 0 Å². The first-order chi connectivity index (χ1) is 9.60. The van der Waals surface area contributed by atoms with Crippen LogP contribution in [-0.4, -0.2) is 38.4 Å². The summed E-state index contributed by atoms with van der Waals surface area (Å²) in [5, 5.41) is 2.78. The quantitative estimate of drug-likeness (QED) is 0.797. The average molecular weight is 280 g/mol. The summed E-state index contributed by atoms with van der Waals surface area (Å²) in [6, 6.07) is 5.07. The number of amides is 1. The molecule has 1 aromatic carbocycles. The molecule has 1 aromatic rings. The van der Waals surface area contributed by atoms with Gasteiger partial charge in [-0.25, -0.2) is 0 Å². The van der Waals surface area contributed by atoms with Crippen LogP contribution in [0.25, 0.3) is 0 Å². The summed E-state index contributed by atoms with van der Waals surface area (Å²) in [5.74, 6) is 0.301. The molecule has 6 nitrogen and oxygen atoms in total. The molecular formula is C14H20N2O4. The molecule has 1 aliphatic heterocycles. The Kier molecular flexibility index (Phi) is 4.81. The average Bonchev–Trinajstić information content (AvgIpc) is 2.93. The number of carbonyl (C=O) groups excluding carboxylic acids is 1. The molecule has 110 valence electrons. The van der Waals surface area contributed by atoms with Gasteiger partial charge in [0.05, 0.1) is 25.5 Å². The minimum absolute atomic E-state index is 0.0101. The molecule has 6 heteroatoms. The Bertz CT molecular complexity index is 472. The van der Waals surface area contributed by atoms with Gasteiger partial charge in [-0.3, -0.25) is 4.79 Å². The van der Waals surface area contributed by atoms with E-state index in [9.17, 15) is 4.79 Å². The lowest BCUT2D eigenvalue weighted by Gasteiger charge is -2.18. The fourth-order valence-corrected chi connectivity index (χ4v) is 2.02. The van der Waals surface area contributed by atoms with E-state index in [0.29, 0.717) is 30.3 Å². The van der Waals surface area contributed by atoms with Crippen LogP contribution < -0.4 is 15.8 Å². The van der Waals surface area contributed by atoms with Gasteiger partial charge in [0.1, 0.15) is 11.9 Å². The molecule has 0 bridgehead atoms. The lowest BCUT2D eigenvalue weighted by Crippen LogP contribution is -2.32. The van der Waals surface area contributed by atoms with Crippen molar-refractivity contribution < 1.29 is 19.0 Å². The van der Waals surface area contributed by atoms with Crippen molar-refractivity contribution in [3.63, 3.8) is 0 Å². The Balaban J connectivity index is 1.96. The monoisotopic (exact) mass is 280 g/mol. The Morgan fingerprint density at radius 1 is 1.55 bits per heavy atom. The van der Waals surface area contributed by atoms with E-state index in [1.54, 1.807) is 25.1 Å². The summed E-state index contributed by atoms with van der Waals surface area (Å²) in [6.07, 6.45) is 0.260. The summed E-state index contributed by atoms with van der Waals surface area (Å²) in [6.45, 7) is 2.95. The van der Waals surface area contributed by atoms with Crippen LogP contribution >= 0.6 is 0 Å². The Morgan fingerprint density at radius 3 is 3.00 bits per heavy atom. The number of carbonyl (C=O) groups is 1. The normalized spacial score (nSPS) is 19.6. The summed E-state index contributed by atoms with van der Waals surface area (Å²) >= 11 is 0. The number of hydrogen-bond acceptors (Lipinski definition) is 5. The number of methoxy groups -OCH3 is 1. The Labute approximate surface area is 118 Å². The molecule has 1 heterocycles. The van der Waals surface area contributed by atoms with Crippen LogP contribution in [-0.2, 0) is 14.3 Å².